The van der Waals surface area contributed by atoms with E-state index in [4.69, 9.17) is 9.47 Å². The predicted octanol–water partition coefficient (Wildman–Crippen LogP) is 6.41. The largest absolute Gasteiger partial charge is 0.455 e. The van der Waals surface area contributed by atoms with Crippen molar-refractivity contribution < 1.29 is 23.9 Å². The minimum absolute atomic E-state index is 0.157. The highest BCUT2D eigenvalue weighted by Crippen LogP contribution is 2.33. The summed E-state index contributed by atoms with van der Waals surface area (Å²) in [5.41, 5.74) is -0.0292. The summed E-state index contributed by atoms with van der Waals surface area (Å²) >= 11 is 0. The molecule has 1 saturated heterocycles. The van der Waals surface area contributed by atoms with Crippen LogP contribution in [0.1, 0.15) is 47.5 Å². The zero-order valence-corrected chi connectivity index (χ0v) is 23.6. The molecule has 9 nitrogen and oxygen atoms in total. The number of amides is 5. The van der Waals surface area contributed by atoms with Gasteiger partial charge in [-0.3, -0.25) is 10.2 Å². The fourth-order valence-electron chi connectivity index (χ4n) is 4.43. The maximum atomic E-state index is 13.5. The lowest BCUT2D eigenvalue weighted by Crippen LogP contribution is -2.55. The van der Waals surface area contributed by atoms with Crippen LogP contribution in [-0.4, -0.2) is 65.3 Å². The number of hydrogen-bond donors (Lipinski definition) is 1. The van der Waals surface area contributed by atoms with E-state index >= 15 is 0 Å². The van der Waals surface area contributed by atoms with E-state index in [0.717, 1.165) is 0 Å². The fraction of sp³-hybridized carbons (Fsp3) is 0.433. The topological polar surface area (TPSA) is 91.4 Å². The lowest BCUT2D eigenvalue weighted by molar-refractivity contribution is 0.0169. The lowest BCUT2D eigenvalue weighted by atomic mass is 10.0. The molecule has 2 aromatic carbocycles. The molecule has 39 heavy (non-hydrogen) atoms. The van der Waals surface area contributed by atoms with Crippen molar-refractivity contribution in [2.45, 2.75) is 65.1 Å². The van der Waals surface area contributed by atoms with Crippen molar-refractivity contribution in [2.24, 2.45) is 0 Å². The first-order valence-electron chi connectivity index (χ1n) is 13.3. The highest BCUT2D eigenvalue weighted by molar-refractivity contribution is 6.03. The molecule has 210 valence electrons. The number of anilines is 1. The number of piperidine rings is 1. The van der Waals surface area contributed by atoms with E-state index in [1.54, 1.807) is 28.0 Å². The average molecular weight is 537 g/mol. The quantitative estimate of drug-likeness (QED) is 0.413. The smallest absolute Gasteiger partial charge is 0.410 e. The van der Waals surface area contributed by atoms with Crippen molar-refractivity contribution in [1.29, 1.82) is 0 Å². The third-order valence-electron chi connectivity index (χ3n) is 6.19. The van der Waals surface area contributed by atoms with E-state index < -0.39 is 17.7 Å². The number of rotatable bonds is 7. The van der Waals surface area contributed by atoms with Gasteiger partial charge in [0.2, 0.25) is 0 Å². The standard InChI is InChI=1S/C30H40N4O5/c1-7-19-33(23-17-20-32(21-18-23)29(37)39-30(4,5)6)27(35)31-28(36)34(22(2)3)25-15-11-12-16-26(25)38-24-13-9-8-10-14-24/h7-16,22-23H,1,17-21H2,2-6H3,(H,31,35,36). The van der Waals surface area contributed by atoms with Gasteiger partial charge in [0, 0.05) is 31.7 Å². The monoisotopic (exact) mass is 536 g/mol. The fourth-order valence-corrected chi connectivity index (χ4v) is 4.43. The van der Waals surface area contributed by atoms with Crippen molar-refractivity contribution in [3.05, 3.63) is 67.3 Å². The Labute approximate surface area is 231 Å². The van der Waals surface area contributed by atoms with Crippen LogP contribution in [0.3, 0.4) is 0 Å². The Kier molecular flexibility index (Phi) is 9.98. The Morgan fingerprint density at radius 1 is 1.03 bits per heavy atom. The molecule has 2 aromatic rings. The second-order valence-corrected chi connectivity index (χ2v) is 10.7. The molecule has 0 bridgehead atoms. The molecule has 0 aromatic heterocycles. The highest BCUT2D eigenvalue weighted by Gasteiger charge is 2.33. The van der Waals surface area contributed by atoms with Crippen molar-refractivity contribution in [1.82, 2.24) is 15.1 Å². The number of nitrogens with zero attached hydrogens (tertiary/aromatic N) is 3. The van der Waals surface area contributed by atoms with Crippen LogP contribution in [0.25, 0.3) is 0 Å². The minimum Gasteiger partial charge on any atom is -0.455 e. The zero-order valence-electron chi connectivity index (χ0n) is 23.6. The predicted molar refractivity (Wildman–Crippen MR) is 152 cm³/mol. The maximum absolute atomic E-state index is 13.5. The van der Waals surface area contributed by atoms with Gasteiger partial charge in [-0.05, 0) is 71.7 Å². The zero-order chi connectivity index (χ0) is 28.6. The second-order valence-electron chi connectivity index (χ2n) is 10.7. The van der Waals surface area contributed by atoms with Crippen LogP contribution in [0.5, 0.6) is 11.5 Å². The molecule has 1 fully saturated rings. The Balaban J connectivity index is 1.71. The van der Waals surface area contributed by atoms with Gasteiger partial charge in [-0.1, -0.05) is 36.4 Å². The van der Waals surface area contributed by atoms with Crippen molar-refractivity contribution in [3.8, 4) is 11.5 Å². The first-order chi connectivity index (χ1) is 18.5. The molecule has 0 radical (unpaired) electrons. The number of carbonyl (C=O) groups is 3. The normalized spacial score (nSPS) is 13.9. The Bertz CT molecular complexity index is 1140. The van der Waals surface area contributed by atoms with Crippen molar-refractivity contribution in [3.63, 3.8) is 0 Å². The van der Waals surface area contributed by atoms with Gasteiger partial charge in [0.05, 0.1) is 5.69 Å². The number of benzene rings is 2. The highest BCUT2D eigenvalue weighted by atomic mass is 16.6. The number of urea groups is 2. The van der Waals surface area contributed by atoms with E-state index in [2.05, 4.69) is 11.9 Å². The molecule has 5 amide bonds. The van der Waals surface area contributed by atoms with Crippen LogP contribution in [0.15, 0.2) is 67.3 Å². The van der Waals surface area contributed by atoms with E-state index in [0.29, 0.717) is 43.1 Å². The van der Waals surface area contributed by atoms with Crippen LogP contribution < -0.4 is 15.0 Å². The van der Waals surface area contributed by atoms with Crippen LogP contribution in [-0.2, 0) is 4.74 Å². The summed E-state index contributed by atoms with van der Waals surface area (Å²) in [5.74, 6) is 1.14. The number of para-hydroxylation sites is 3. The van der Waals surface area contributed by atoms with Crippen LogP contribution in [0.2, 0.25) is 0 Å². The molecule has 0 saturated carbocycles. The molecule has 9 heteroatoms. The molecular weight excluding hydrogens is 496 g/mol. The summed E-state index contributed by atoms with van der Waals surface area (Å²) in [5, 5.41) is 2.56. The Morgan fingerprint density at radius 2 is 1.64 bits per heavy atom. The third kappa shape index (κ3) is 8.24. The van der Waals surface area contributed by atoms with Gasteiger partial charge in [-0.25, -0.2) is 14.4 Å². The number of imide groups is 1. The first kappa shape index (κ1) is 29.5. The number of likely N-dealkylation sites (tertiary alicyclic amines) is 1. The van der Waals surface area contributed by atoms with E-state index in [1.165, 1.54) is 4.90 Å². The van der Waals surface area contributed by atoms with Crippen LogP contribution in [0, 0.1) is 0 Å². The van der Waals surface area contributed by atoms with E-state index in [1.807, 2.05) is 77.1 Å². The van der Waals surface area contributed by atoms with Crippen LogP contribution in [0.4, 0.5) is 20.1 Å². The Morgan fingerprint density at radius 3 is 2.23 bits per heavy atom. The second kappa shape index (κ2) is 13.2. The molecule has 0 spiro atoms. The summed E-state index contributed by atoms with van der Waals surface area (Å²) in [6, 6.07) is 15.0. The van der Waals surface area contributed by atoms with Gasteiger partial charge >= 0.3 is 18.2 Å². The summed E-state index contributed by atoms with van der Waals surface area (Å²) in [4.78, 5) is 44.1. The SMILES string of the molecule is C=CCN(C(=O)NC(=O)N(c1ccccc1Oc1ccccc1)C(C)C)C1CCN(C(=O)OC(C)(C)C)CC1. The van der Waals surface area contributed by atoms with Gasteiger partial charge in [-0.15, -0.1) is 6.58 Å². The van der Waals surface area contributed by atoms with Gasteiger partial charge < -0.3 is 19.3 Å². The summed E-state index contributed by atoms with van der Waals surface area (Å²) < 4.78 is 11.5. The number of ether oxygens (including phenoxy) is 2. The third-order valence-corrected chi connectivity index (χ3v) is 6.19. The molecule has 1 aliphatic heterocycles. The molecule has 3 rings (SSSR count). The molecular formula is C30H40N4O5. The van der Waals surface area contributed by atoms with Gasteiger partial charge in [0.25, 0.3) is 0 Å². The number of hydrogen-bond acceptors (Lipinski definition) is 5. The molecule has 1 heterocycles. The summed E-state index contributed by atoms with van der Waals surface area (Å²) in [7, 11) is 0. The Hall–Kier alpha value is -4.01. The van der Waals surface area contributed by atoms with E-state index in [-0.39, 0.29) is 24.7 Å². The number of carbonyl (C=O) groups excluding carboxylic acids is 3. The number of nitrogens with one attached hydrogen (secondary N) is 1. The first-order valence-corrected chi connectivity index (χ1v) is 13.3. The van der Waals surface area contributed by atoms with Gasteiger partial charge in [-0.2, -0.15) is 0 Å². The van der Waals surface area contributed by atoms with E-state index in [9.17, 15) is 14.4 Å². The molecule has 0 atom stereocenters. The maximum Gasteiger partial charge on any atom is 0.410 e. The summed E-state index contributed by atoms with van der Waals surface area (Å²) in [6.07, 6.45) is 2.40. The van der Waals surface area contributed by atoms with Crippen LogP contribution >= 0.6 is 0 Å². The molecule has 1 aliphatic rings. The molecule has 0 aliphatic carbocycles. The summed E-state index contributed by atoms with van der Waals surface area (Å²) in [6.45, 7) is 14.2. The minimum atomic E-state index is -0.573. The average Bonchev–Trinajstić information content (AvgIpc) is 2.88. The van der Waals surface area contributed by atoms with Crippen molar-refractivity contribution in [2.75, 3.05) is 24.5 Å². The molecule has 0 unspecified atom stereocenters. The van der Waals surface area contributed by atoms with Gasteiger partial charge in [0.15, 0.2) is 5.75 Å². The van der Waals surface area contributed by atoms with Crippen molar-refractivity contribution >= 4 is 23.8 Å². The molecule has 1 N–H and O–H groups in total. The lowest BCUT2D eigenvalue weighted by Gasteiger charge is -2.38. The van der Waals surface area contributed by atoms with Gasteiger partial charge in [0.1, 0.15) is 11.4 Å².